The van der Waals surface area contributed by atoms with Crippen molar-refractivity contribution < 1.29 is 18.7 Å². The van der Waals surface area contributed by atoms with Crippen LogP contribution in [0.2, 0.25) is 5.02 Å². The summed E-state index contributed by atoms with van der Waals surface area (Å²) >= 11 is 8.18. The molecule has 0 spiro atoms. The number of nitrogens with one attached hydrogen (secondary N) is 1. The van der Waals surface area contributed by atoms with Gasteiger partial charge in [-0.15, -0.1) is 11.3 Å². The van der Waals surface area contributed by atoms with E-state index in [0.717, 1.165) is 70.1 Å². The molecule has 2 aliphatic rings. The number of fused-ring (bicyclic) bond motifs is 5. The Balaban J connectivity index is 1.06. The van der Waals surface area contributed by atoms with Crippen molar-refractivity contribution >= 4 is 50.6 Å². The summed E-state index contributed by atoms with van der Waals surface area (Å²) in [6.07, 6.45) is 5.12. The lowest BCUT2D eigenvalue weighted by atomic mass is 9.95. The van der Waals surface area contributed by atoms with E-state index in [1.165, 1.54) is 17.7 Å². The number of hydrogen-bond acceptors (Lipinski definition) is 9. The Kier molecular flexibility index (Phi) is 8.85. The van der Waals surface area contributed by atoms with Gasteiger partial charge in [0.15, 0.2) is 0 Å². The molecular formula is C33H33ClFN7O3S. The first kappa shape index (κ1) is 30.5. The predicted octanol–water partition coefficient (Wildman–Crippen LogP) is 5.56. The molecule has 0 atom stereocenters. The quantitative estimate of drug-likeness (QED) is 0.208. The summed E-state index contributed by atoms with van der Waals surface area (Å²) in [5.41, 5.74) is 4.70. The molecule has 5 aromatic rings. The second-order valence-electron chi connectivity index (χ2n) is 11.4. The van der Waals surface area contributed by atoms with Gasteiger partial charge in [-0.05, 0) is 54.3 Å². The minimum absolute atomic E-state index is 0.0872. The number of halogens is 2. The fourth-order valence-electron chi connectivity index (χ4n) is 6.00. The fraction of sp³-hybridized carbons (Fsp3) is 0.333. The zero-order chi connectivity index (χ0) is 31.6. The molecule has 46 heavy (non-hydrogen) atoms. The number of benzene rings is 2. The van der Waals surface area contributed by atoms with Crippen LogP contribution in [0.15, 0.2) is 55.0 Å². The van der Waals surface area contributed by atoms with Crippen molar-refractivity contribution in [2.24, 2.45) is 0 Å². The highest BCUT2D eigenvalue weighted by molar-refractivity contribution is 7.22. The molecule has 0 saturated carbocycles. The molecule has 10 nitrogen and oxygen atoms in total. The second-order valence-corrected chi connectivity index (χ2v) is 12.8. The minimum Gasteiger partial charge on any atom is -0.487 e. The van der Waals surface area contributed by atoms with Gasteiger partial charge in [-0.1, -0.05) is 23.7 Å². The van der Waals surface area contributed by atoms with Crippen LogP contribution in [0.25, 0.3) is 20.7 Å². The van der Waals surface area contributed by atoms with E-state index < -0.39 is 0 Å². The molecule has 1 aliphatic heterocycles. The molecule has 0 bridgehead atoms. The Morgan fingerprint density at radius 1 is 1.11 bits per heavy atom. The molecule has 1 saturated heterocycles. The Bertz CT molecular complexity index is 1890. The van der Waals surface area contributed by atoms with Gasteiger partial charge >= 0.3 is 0 Å². The van der Waals surface area contributed by atoms with Gasteiger partial charge in [0.1, 0.15) is 41.7 Å². The maximum atomic E-state index is 13.5. The number of ether oxygens (including phenoxy) is 2. The van der Waals surface area contributed by atoms with E-state index in [-0.39, 0.29) is 24.9 Å². The number of carbonyl (C=O) groups is 1. The topological polar surface area (TPSA) is 97.6 Å². The highest BCUT2D eigenvalue weighted by Gasteiger charge is 2.28. The molecule has 7 rings (SSSR count). The molecule has 238 valence electrons. The smallest absolute Gasteiger partial charge is 0.244 e. The summed E-state index contributed by atoms with van der Waals surface area (Å²) in [5.74, 6) is 0.981. The molecule has 0 unspecified atom stereocenters. The first-order chi connectivity index (χ1) is 22.4. The lowest BCUT2D eigenvalue weighted by molar-refractivity contribution is -0.133. The van der Waals surface area contributed by atoms with Crippen LogP contribution in [0.5, 0.6) is 5.75 Å². The van der Waals surface area contributed by atoms with Gasteiger partial charge in [0, 0.05) is 62.2 Å². The zero-order valence-electron chi connectivity index (χ0n) is 25.3. The van der Waals surface area contributed by atoms with Crippen molar-refractivity contribution in [3.8, 4) is 16.2 Å². The van der Waals surface area contributed by atoms with Crippen molar-refractivity contribution in [1.29, 1.82) is 0 Å². The van der Waals surface area contributed by atoms with Gasteiger partial charge in [0.05, 0.1) is 22.7 Å². The molecule has 3 aromatic heterocycles. The van der Waals surface area contributed by atoms with Gasteiger partial charge < -0.3 is 19.7 Å². The predicted molar refractivity (Wildman–Crippen MR) is 176 cm³/mol. The largest absolute Gasteiger partial charge is 0.487 e. The molecule has 1 aliphatic carbocycles. The first-order valence-corrected chi connectivity index (χ1v) is 16.4. The van der Waals surface area contributed by atoms with Crippen LogP contribution in [-0.2, 0) is 35.5 Å². The third kappa shape index (κ3) is 6.43. The molecule has 13 heteroatoms. The maximum Gasteiger partial charge on any atom is 0.244 e. The van der Waals surface area contributed by atoms with Crippen LogP contribution in [0, 0.1) is 5.82 Å². The number of amides is 1. The number of carbonyl (C=O) groups excluding carboxylic acids is 1. The second kappa shape index (κ2) is 13.3. The lowest BCUT2D eigenvalue weighted by Gasteiger charge is -2.34. The number of piperazine rings is 1. The van der Waals surface area contributed by atoms with Crippen molar-refractivity contribution in [3.05, 3.63) is 82.6 Å². The van der Waals surface area contributed by atoms with E-state index in [2.05, 4.69) is 20.2 Å². The Morgan fingerprint density at radius 2 is 1.98 bits per heavy atom. The number of methoxy groups -OCH3 is 1. The van der Waals surface area contributed by atoms with Crippen LogP contribution >= 0.6 is 22.9 Å². The Morgan fingerprint density at radius 3 is 2.78 bits per heavy atom. The summed E-state index contributed by atoms with van der Waals surface area (Å²) in [6, 6.07) is 11.7. The average molecular weight is 662 g/mol. The van der Waals surface area contributed by atoms with Crippen LogP contribution < -0.4 is 10.1 Å². The number of aryl methyl sites for hydroxylation is 2. The first-order valence-electron chi connectivity index (χ1n) is 15.2. The molecular weight excluding hydrogens is 629 g/mol. The molecule has 0 radical (unpaired) electrons. The van der Waals surface area contributed by atoms with Crippen LogP contribution in [0.4, 0.5) is 15.9 Å². The summed E-state index contributed by atoms with van der Waals surface area (Å²) in [7, 11) is 1.71. The monoisotopic (exact) mass is 661 g/mol. The van der Waals surface area contributed by atoms with Crippen LogP contribution in [0.3, 0.4) is 0 Å². The maximum absolute atomic E-state index is 13.5. The van der Waals surface area contributed by atoms with Gasteiger partial charge in [-0.2, -0.15) is 5.10 Å². The Hall–Kier alpha value is -4.10. The van der Waals surface area contributed by atoms with E-state index in [4.69, 9.17) is 26.2 Å². The van der Waals surface area contributed by atoms with Crippen molar-refractivity contribution in [2.45, 2.75) is 26.0 Å². The Labute approximate surface area is 274 Å². The number of nitrogens with zero attached hydrogens (tertiary/aromatic N) is 6. The number of aromatic nitrogens is 4. The molecule has 1 N–H and O–H groups in total. The number of anilines is 2. The molecule has 1 amide bonds. The van der Waals surface area contributed by atoms with E-state index in [0.29, 0.717) is 36.3 Å². The summed E-state index contributed by atoms with van der Waals surface area (Å²) < 4.78 is 26.3. The minimum atomic E-state index is -0.308. The number of thiophene rings is 1. The highest BCUT2D eigenvalue weighted by atomic mass is 35.5. The summed E-state index contributed by atoms with van der Waals surface area (Å²) in [5, 5.41) is 9.64. The lowest BCUT2D eigenvalue weighted by Crippen LogP contribution is -2.50. The van der Waals surface area contributed by atoms with Gasteiger partial charge in [0.25, 0.3) is 0 Å². The third-order valence-corrected chi connectivity index (χ3v) is 9.86. The third-order valence-electron chi connectivity index (χ3n) is 8.39. The van der Waals surface area contributed by atoms with E-state index in [1.807, 2.05) is 17.2 Å². The van der Waals surface area contributed by atoms with E-state index in [9.17, 15) is 9.18 Å². The molecule has 4 heterocycles. The van der Waals surface area contributed by atoms with Crippen molar-refractivity contribution in [2.75, 3.05) is 51.8 Å². The van der Waals surface area contributed by atoms with Gasteiger partial charge in [0.2, 0.25) is 5.91 Å². The SMILES string of the molecule is COCCN1CCN(C(=O)Cn2cc3c(n2)CCc2c-3sc3ncnc(Nc4ccc(OCc5cccc(F)c5)c(Cl)c4)c23)CC1. The number of hydrogen-bond donors (Lipinski definition) is 1. The average Bonchev–Trinajstić information content (AvgIpc) is 3.65. The van der Waals surface area contributed by atoms with E-state index >= 15 is 0 Å². The van der Waals surface area contributed by atoms with Gasteiger partial charge in [-0.3, -0.25) is 14.4 Å². The summed E-state index contributed by atoms with van der Waals surface area (Å²) in [4.78, 5) is 28.6. The fourth-order valence-corrected chi connectivity index (χ4v) is 7.46. The van der Waals surface area contributed by atoms with E-state index in [1.54, 1.807) is 53.7 Å². The number of rotatable bonds is 10. The normalized spacial score (nSPS) is 14.7. The standard InChI is InChI=1S/C33H33ClFN7O3S/c1-44-14-13-40-9-11-41(12-10-40)29(43)18-42-17-25-27(39-42)7-6-24-30-32(36-20-37-33(30)46-31(24)25)38-23-5-8-28(26(34)16-23)45-19-21-3-2-4-22(35)15-21/h2-5,8,15-17,20H,6-7,9-14,18-19H2,1H3,(H,36,37,38). The molecule has 1 fully saturated rings. The van der Waals surface area contributed by atoms with Crippen LogP contribution in [-0.4, -0.2) is 81.9 Å². The van der Waals surface area contributed by atoms with Crippen molar-refractivity contribution in [1.82, 2.24) is 29.5 Å². The van der Waals surface area contributed by atoms with Crippen molar-refractivity contribution in [3.63, 3.8) is 0 Å². The van der Waals surface area contributed by atoms with Gasteiger partial charge in [-0.25, -0.2) is 14.4 Å². The molecule has 2 aromatic carbocycles. The van der Waals surface area contributed by atoms with Crippen LogP contribution in [0.1, 0.15) is 16.8 Å². The zero-order valence-corrected chi connectivity index (χ0v) is 26.9. The summed E-state index contributed by atoms with van der Waals surface area (Å²) in [6.45, 7) is 5.16. The highest BCUT2D eigenvalue weighted by Crippen LogP contribution is 2.45.